The van der Waals surface area contributed by atoms with Gasteiger partial charge >= 0.3 is 6.09 Å². The number of aryl methyl sites for hydroxylation is 2. The van der Waals surface area contributed by atoms with Crippen LogP contribution < -0.4 is 0 Å². The fourth-order valence-corrected chi connectivity index (χ4v) is 3.84. The van der Waals surface area contributed by atoms with E-state index >= 15 is 0 Å². The van der Waals surface area contributed by atoms with E-state index in [1.54, 1.807) is 0 Å². The number of hydrogen-bond donors (Lipinski definition) is 0. The third-order valence-electron chi connectivity index (χ3n) is 5.49. The lowest BCUT2D eigenvalue weighted by molar-refractivity contribution is -0.00232. The van der Waals surface area contributed by atoms with E-state index < -0.39 is 5.60 Å². The van der Waals surface area contributed by atoms with Crippen molar-refractivity contribution in [2.24, 2.45) is 0 Å². The van der Waals surface area contributed by atoms with E-state index in [2.05, 4.69) is 61.2 Å². The topological polar surface area (TPSA) is 32.8 Å². The van der Waals surface area contributed by atoms with Gasteiger partial charge < -0.3 is 9.64 Å². The summed E-state index contributed by atoms with van der Waals surface area (Å²) in [4.78, 5) is 17.3. The average molecular weight is 395 g/mol. The Hall–Kier alpha value is -2.33. The number of nitrogens with zero attached hydrogens (tertiary/aromatic N) is 2. The number of amides is 1. The van der Waals surface area contributed by atoms with Gasteiger partial charge in [0.15, 0.2) is 0 Å². The van der Waals surface area contributed by atoms with Crippen LogP contribution in [0.15, 0.2) is 48.5 Å². The summed E-state index contributed by atoms with van der Waals surface area (Å²) in [6.45, 7) is 13.4. The zero-order valence-corrected chi connectivity index (χ0v) is 18.4. The number of piperazine rings is 1. The molecule has 4 nitrogen and oxygen atoms in total. The molecule has 1 heterocycles. The van der Waals surface area contributed by atoms with Crippen molar-refractivity contribution >= 4 is 6.09 Å². The molecule has 29 heavy (non-hydrogen) atoms. The standard InChI is InChI=1S/C25H34N2O2/c1-19-11-12-22(15-20(19)2)16-23-18-26(17-21-9-7-6-8-10-21)13-14-27(23)24(28)29-25(3,4)5/h6-12,15,23H,13-14,16-18H2,1-5H3/t23-/m1/s1. The quantitative estimate of drug-likeness (QED) is 0.734. The van der Waals surface area contributed by atoms with Crippen LogP contribution in [-0.2, 0) is 17.7 Å². The van der Waals surface area contributed by atoms with Crippen LogP contribution in [0.5, 0.6) is 0 Å². The van der Waals surface area contributed by atoms with Gasteiger partial charge in [-0.25, -0.2) is 4.79 Å². The minimum Gasteiger partial charge on any atom is -0.444 e. The molecule has 2 aromatic carbocycles. The molecule has 4 heteroatoms. The molecule has 0 unspecified atom stereocenters. The van der Waals surface area contributed by atoms with Gasteiger partial charge in [-0.3, -0.25) is 4.90 Å². The SMILES string of the molecule is Cc1ccc(C[C@@H]2CN(Cc3ccccc3)CCN2C(=O)OC(C)(C)C)cc1C. The molecule has 3 rings (SSSR count). The average Bonchev–Trinajstić information content (AvgIpc) is 2.64. The van der Waals surface area contributed by atoms with E-state index in [1.807, 2.05) is 31.7 Å². The molecule has 1 amide bonds. The minimum atomic E-state index is -0.483. The second kappa shape index (κ2) is 9.00. The summed E-state index contributed by atoms with van der Waals surface area (Å²) in [7, 11) is 0. The maximum Gasteiger partial charge on any atom is 0.410 e. The van der Waals surface area contributed by atoms with E-state index in [0.29, 0.717) is 6.54 Å². The fraction of sp³-hybridized carbons (Fsp3) is 0.480. The molecule has 1 aliphatic heterocycles. The van der Waals surface area contributed by atoms with Gasteiger partial charge in [-0.15, -0.1) is 0 Å². The van der Waals surface area contributed by atoms with Crippen molar-refractivity contribution in [3.8, 4) is 0 Å². The molecule has 0 bridgehead atoms. The molecular weight excluding hydrogens is 360 g/mol. The highest BCUT2D eigenvalue weighted by Gasteiger charge is 2.33. The molecule has 0 aliphatic carbocycles. The van der Waals surface area contributed by atoms with Crippen molar-refractivity contribution in [1.29, 1.82) is 0 Å². The van der Waals surface area contributed by atoms with Gasteiger partial charge in [0.25, 0.3) is 0 Å². The predicted octanol–water partition coefficient (Wildman–Crippen LogP) is 4.97. The lowest BCUT2D eigenvalue weighted by atomic mass is 9.98. The third kappa shape index (κ3) is 6.07. The fourth-order valence-electron chi connectivity index (χ4n) is 3.84. The smallest absolute Gasteiger partial charge is 0.410 e. The van der Waals surface area contributed by atoms with Crippen molar-refractivity contribution in [2.75, 3.05) is 19.6 Å². The predicted molar refractivity (Wildman–Crippen MR) is 118 cm³/mol. The Kier molecular flexibility index (Phi) is 6.63. The molecule has 1 atom stereocenters. The molecule has 1 saturated heterocycles. The summed E-state index contributed by atoms with van der Waals surface area (Å²) in [6.07, 6.45) is 0.636. The zero-order valence-electron chi connectivity index (χ0n) is 18.4. The number of hydrogen-bond acceptors (Lipinski definition) is 3. The zero-order chi connectivity index (χ0) is 21.0. The van der Waals surface area contributed by atoms with Crippen LogP contribution in [0.25, 0.3) is 0 Å². The van der Waals surface area contributed by atoms with Gasteiger partial charge in [-0.2, -0.15) is 0 Å². The van der Waals surface area contributed by atoms with Crippen LogP contribution in [-0.4, -0.2) is 47.2 Å². The highest BCUT2D eigenvalue weighted by molar-refractivity contribution is 5.69. The van der Waals surface area contributed by atoms with Crippen LogP contribution in [0.3, 0.4) is 0 Å². The first-order valence-corrected chi connectivity index (χ1v) is 10.5. The van der Waals surface area contributed by atoms with Gasteiger partial charge in [0, 0.05) is 26.2 Å². The van der Waals surface area contributed by atoms with Gasteiger partial charge in [-0.05, 0) is 63.3 Å². The number of carbonyl (C=O) groups excluding carboxylic acids is 1. The highest BCUT2D eigenvalue weighted by atomic mass is 16.6. The van der Waals surface area contributed by atoms with E-state index in [-0.39, 0.29) is 12.1 Å². The largest absolute Gasteiger partial charge is 0.444 e. The first-order valence-electron chi connectivity index (χ1n) is 10.5. The number of ether oxygens (including phenoxy) is 1. The minimum absolute atomic E-state index is 0.101. The summed E-state index contributed by atoms with van der Waals surface area (Å²) < 4.78 is 5.71. The molecule has 0 N–H and O–H groups in total. The highest BCUT2D eigenvalue weighted by Crippen LogP contribution is 2.21. The Morgan fingerprint density at radius 2 is 1.72 bits per heavy atom. The van der Waals surface area contributed by atoms with E-state index in [4.69, 9.17) is 4.74 Å². The van der Waals surface area contributed by atoms with Crippen LogP contribution >= 0.6 is 0 Å². The van der Waals surface area contributed by atoms with E-state index in [0.717, 1.165) is 26.1 Å². The number of carbonyl (C=O) groups is 1. The summed E-state index contributed by atoms with van der Waals surface area (Å²) >= 11 is 0. The summed E-state index contributed by atoms with van der Waals surface area (Å²) in [6, 6.07) is 17.3. The summed E-state index contributed by atoms with van der Waals surface area (Å²) in [5.74, 6) is 0. The molecule has 0 saturated carbocycles. The van der Waals surface area contributed by atoms with Crippen molar-refractivity contribution in [2.45, 2.75) is 59.2 Å². The van der Waals surface area contributed by atoms with Crippen LogP contribution in [0.2, 0.25) is 0 Å². The van der Waals surface area contributed by atoms with Gasteiger partial charge in [0.05, 0.1) is 6.04 Å². The molecular formula is C25H34N2O2. The molecule has 0 radical (unpaired) electrons. The van der Waals surface area contributed by atoms with Crippen LogP contribution in [0.1, 0.15) is 43.0 Å². The molecule has 1 aliphatic rings. The van der Waals surface area contributed by atoms with Gasteiger partial charge in [0.1, 0.15) is 5.60 Å². The van der Waals surface area contributed by atoms with Crippen LogP contribution in [0, 0.1) is 13.8 Å². The first kappa shape index (κ1) is 21.4. The molecule has 0 spiro atoms. The van der Waals surface area contributed by atoms with Crippen LogP contribution in [0.4, 0.5) is 4.79 Å². The van der Waals surface area contributed by atoms with Gasteiger partial charge in [-0.1, -0.05) is 48.5 Å². The van der Waals surface area contributed by atoms with E-state index in [1.165, 1.54) is 22.3 Å². The van der Waals surface area contributed by atoms with Crippen molar-refractivity contribution < 1.29 is 9.53 Å². The Morgan fingerprint density at radius 3 is 2.38 bits per heavy atom. The maximum atomic E-state index is 12.9. The lowest BCUT2D eigenvalue weighted by Crippen LogP contribution is -2.56. The molecule has 0 aromatic heterocycles. The first-order chi connectivity index (χ1) is 13.7. The Bertz CT molecular complexity index is 826. The summed E-state index contributed by atoms with van der Waals surface area (Å²) in [5.41, 5.74) is 4.69. The Labute approximate surface area is 175 Å². The normalized spacial score (nSPS) is 18.0. The Balaban J connectivity index is 1.76. The number of rotatable bonds is 4. The second-order valence-corrected chi connectivity index (χ2v) is 9.17. The van der Waals surface area contributed by atoms with Crippen molar-refractivity contribution in [1.82, 2.24) is 9.80 Å². The van der Waals surface area contributed by atoms with Crippen molar-refractivity contribution in [3.05, 3.63) is 70.8 Å². The third-order valence-corrected chi connectivity index (χ3v) is 5.49. The second-order valence-electron chi connectivity index (χ2n) is 9.17. The maximum absolute atomic E-state index is 12.9. The van der Waals surface area contributed by atoms with E-state index in [9.17, 15) is 4.79 Å². The number of benzene rings is 2. The van der Waals surface area contributed by atoms with Gasteiger partial charge in [0.2, 0.25) is 0 Å². The Morgan fingerprint density at radius 1 is 1.00 bits per heavy atom. The summed E-state index contributed by atoms with van der Waals surface area (Å²) in [5, 5.41) is 0. The lowest BCUT2D eigenvalue weighted by Gasteiger charge is -2.42. The molecule has 156 valence electrons. The van der Waals surface area contributed by atoms with Crippen molar-refractivity contribution in [3.63, 3.8) is 0 Å². The molecule has 1 fully saturated rings. The monoisotopic (exact) mass is 394 g/mol. The molecule has 2 aromatic rings.